The zero-order chi connectivity index (χ0) is 14.1. The first-order chi connectivity index (χ1) is 9.69. The van der Waals surface area contributed by atoms with E-state index in [1.54, 1.807) is 25.3 Å². The van der Waals surface area contributed by atoms with Gasteiger partial charge >= 0.3 is 0 Å². The number of hydrogen-bond acceptors (Lipinski definition) is 4. The molecule has 2 heterocycles. The standard InChI is InChI=1S/C15H20ClNO3/c1-19-13-5-4-10(16)7-12(13)15(18)14-8-17-6-2-3-11(17)9-20-14/h4-5,7,11,14-15,18H,2-3,6,8-9H2,1H3. The molecule has 1 N–H and O–H groups in total. The third-order valence-corrected chi connectivity index (χ3v) is 4.51. The molecule has 3 atom stereocenters. The van der Waals surface area contributed by atoms with Crippen molar-refractivity contribution in [2.45, 2.75) is 31.1 Å². The maximum atomic E-state index is 10.6. The first kappa shape index (κ1) is 14.1. The Balaban J connectivity index is 1.78. The van der Waals surface area contributed by atoms with E-state index < -0.39 is 6.10 Å². The highest BCUT2D eigenvalue weighted by molar-refractivity contribution is 6.30. The third-order valence-electron chi connectivity index (χ3n) is 4.28. The lowest BCUT2D eigenvalue weighted by Gasteiger charge is -2.37. The fourth-order valence-corrected chi connectivity index (χ4v) is 3.35. The van der Waals surface area contributed by atoms with Gasteiger partial charge in [0, 0.05) is 23.2 Å². The molecule has 0 aliphatic carbocycles. The third kappa shape index (κ3) is 2.66. The molecule has 1 aromatic rings. The SMILES string of the molecule is COc1ccc(Cl)cc1C(O)C1CN2CCCC2CO1. The summed E-state index contributed by atoms with van der Waals surface area (Å²) in [5.74, 6) is 0.647. The molecule has 3 rings (SSSR count). The van der Waals surface area contributed by atoms with E-state index in [1.165, 1.54) is 12.8 Å². The molecule has 20 heavy (non-hydrogen) atoms. The Morgan fingerprint density at radius 2 is 2.35 bits per heavy atom. The van der Waals surface area contributed by atoms with Crippen molar-refractivity contribution in [3.05, 3.63) is 28.8 Å². The molecule has 0 spiro atoms. The highest BCUT2D eigenvalue weighted by Gasteiger charge is 2.36. The molecule has 2 saturated heterocycles. The normalized spacial score (nSPS) is 28.1. The number of nitrogens with zero attached hydrogens (tertiary/aromatic N) is 1. The quantitative estimate of drug-likeness (QED) is 0.929. The van der Waals surface area contributed by atoms with Crippen LogP contribution in [0.15, 0.2) is 18.2 Å². The van der Waals surface area contributed by atoms with Gasteiger partial charge in [-0.25, -0.2) is 0 Å². The lowest BCUT2D eigenvalue weighted by molar-refractivity contribution is -0.104. The molecular formula is C15H20ClNO3. The van der Waals surface area contributed by atoms with Gasteiger partial charge in [0.1, 0.15) is 18.0 Å². The summed E-state index contributed by atoms with van der Waals surface area (Å²) in [6.45, 7) is 2.57. The van der Waals surface area contributed by atoms with Crippen molar-refractivity contribution in [2.24, 2.45) is 0 Å². The monoisotopic (exact) mass is 297 g/mol. The molecule has 0 amide bonds. The molecular weight excluding hydrogens is 278 g/mol. The van der Waals surface area contributed by atoms with Crippen LogP contribution < -0.4 is 4.74 Å². The molecule has 2 fully saturated rings. The van der Waals surface area contributed by atoms with Crippen LogP contribution in [-0.4, -0.2) is 49.0 Å². The van der Waals surface area contributed by atoms with E-state index in [4.69, 9.17) is 21.1 Å². The summed E-state index contributed by atoms with van der Waals surface area (Å²) < 4.78 is 11.2. The minimum Gasteiger partial charge on any atom is -0.496 e. The zero-order valence-corrected chi connectivity index (χ0v) is 12.3. The molecule has 0 aromatic heterocycles. The van der Waals surface area contributed by atoms with Gasteiger partial charge in [0.15, 0.2) is 0 Å². The Kier molecular flexibility index (Phi) is 4.17. The van der Waals surface area contributed by atoms with Gasteiger partial charge in [-0.15, -0.1) is 0 Å². The van der Waals surface area contributed by atoms with Gasteiger partial charge in [-0.2, -0.15) is 0 Å². The molecule has 1 aromatic carbocycles. The van der Waals surface area contributed by atoms with Crippen molar-refractivity contribution in [3.8, 4) is 5.75 Å². The lowest BCUT2D eigenvalue weighted by Crippen LogP contribution is -2.48. The Labute approximate surface area is 124 Å². The number of rotatable bonds is 3. The molecule has 2 aliphatic rings. The molecule has 0 saturated carbocycles. The number of hydrogen-bond donors (Lipinski definition) is 1. The summed E-state index contributed by atoms with van der Waals surface area (Å²) in [4.78, 5) is 2.41. The average Bonchev–Trinajstić information content (AvgIpc) is 2.93. The number of fused-ring (bicyclic) bond motifs is 1. The Morgan fingerprint density at radius 1 is 1.50 bits per heavy atom. The van der Waals surface area contributed by atoms with E-state index in [-0.39, 0.29) is 6.10 Å². The molecule has 3 unspecified atom stereocenters. The number of aliphatic hydroxyl groups excluding tert-OH is 1. The van der Waals surface area contributed by atoms with Gasteiger partial charge in [-0.1, -0.05) is 11.6 Å². The van der Waals surface area contributed by atoms with Crippen LogP contribution in [0.3, 0.4) is 0 Å². The van der Waals surface area contributed by atoms with Gasteiger partial charge in [0.2, 0.25) is 0 Å². The first-order valence-corrected chi connectivity index (χ1v) is 7.44. The van der Waals surface area contributed by atoms with Gasteiger partial charge in [-0.05, 0) is 37.6 Å². The lowest BCUT2D eigenvalue weighted by atomic mass is 10.0. The average molecular weight is 298 g/mol. The van der Waals surface area contributed by atoms with Crippen LogP contribution in [0.1, 0.15) is 24.5 Å². The summed E-state index contributed by atoms with van der Waals surface area (Å²) in [6, 6.07) is 5.82. The van der Waals surface area contributed by atoms with E-state index >= 15 is 0 Å². The minimum absolute atomic E-state index is 0.225. The summed E-state index contributed by atoms with van der Waals surface area (Å²) >= 11 is 6.03. The predicted molar refractivity (Wildman–Crippen MR) is 77.3 cm³/mol. The second-order valence-corrected chi connectivity index (χ2v) is 5.93. The van der Waals surface area contributed by atoms with Crippen molar-refractivity contribution in [1.29, 1.82) is 0 Å². The van der Waals surface area contributed by atoms with Crippen molar-refractivity contribution in [2.75, 3.05) is 26.8 Å². The van der Waals surface area contributed by atoms with E-state index in [9.17, 15) is 5.11 Å². The van der Waals surface area contributed by atoms with Crippen LogP contribution in [0.4, 0.5) is 0 Å². The van der Waals surface area contributed by atoms with Gasteiger partial charge in [0.25, 0.3) is 0 Å². The van der Waals surface area contributed by atoms with Crippen LogP contribution in [-0.2, 0) is 4.74 Å². The van der Waals surface area contributed by atoms with Crippen LogP contribution >= 0.6 is 11.6 Å². The van der Waals surface area contributed by atoms with Gasteiger partial charge in [0.05, 0.1) is 13.7 Å². The van der Waals surface area contributed by atoms with Crippen molar-refractivity contribution >= 4 is 11.6 Å². The highest BCUT2D eigenvalue weighted by Crippen LogP contribution is 2.34. The number of halogens is 1. The largest absolute Gasteiger partial charge is 0.496 e. The predicted octanol–water partition coefficient (Wildman–Crippen LogP) is 2.25. The van der Waals surface area contributed by atoms with Crippen LogP contribution in [0, 0.1) is 0 Å². The maximum Gasteiger partial charge on any atom is 0.124 e. The van der Waals surface area contributed by atoms with E-state index in [0.29, 0.717) is 29.0 Å². The van der Waals surface area contributed by atoms with Crippen LogP contribution in [0.25, 0.3) is 0 Å². The minimum atomic E-state index is -0.717. The van der Waals surface area contributed by atoms with Crippen molar-refractivity contribution in [1.82, 2.24) is 4.90 Å². The van der Waals surface area contributed by atoms with Crippen LogP contribution in [0.5, 0.6) is 5.75 Å². The van der Waals surface area contributed by atoms with Crippen LogP contribution in [0.2, 0.25) is 5.02 Å². The highest BCUT2D eigenvalue weighted by atomic mass is 35.5. The fourth-order valence-electron chi connectivity index (χ4n) is 3.17. The number of aliphatic hydroxyl groups is 1. The molecule has 0 bridgehead atoms. The first-order valence-electron chi connectivity index (χ1n) is 7.06. The number of benzene rings is 1. The zero-order valence-electron chi connectivity index (χ0n) is 11.6. The molecule has 110 valence electrons. The second kappa shape index (κ2) is 5.90. The molecule has 2 aliphatic heterocycles. The van der Waals surface area contributed by atoms with E-state index in [0.717, 1.165) is 13.1 Å². The summed E-state index contributed by atoms with van der Waals surface area (Å²) in [6.07, 6.45) is 1.47. The summed E-state index contributed by atoms with van der Waals surface area (Å²) in [7, 11) is 1.59. The molecule has 4 nitrogen and oxygen atoms in total. The number of methoxy groups -OCH3 is 1. The topological polar surface area (TPSA) is 41.9 Å². The Bertz CT molecular complexity index is 482. The number of morpholine rings is 1. The second-order valence-electron chi connectivity index (χ2n) is 5.49. The summed E-state index contributed by atoms with van der Waals surface area (Å²) in [5.41, 5.74) is 0.697. The maximum absolute atomic E-state index is 10.6. The molecule has 5 heteroatoms. The molecule has 0 radical (unpaired) electrons. The van der Waals surface area contributed by atoms with Gasteiger partial charge < -0.3 is 14.6 Å². The Hall–Kier alpha value is -0.810. The fraction of sp³-hybridized carbons (Fsp3) is 0.600. The smallest absolute Gasteiger partial charge is 0.124 e. The van der Waals surface area contributed by atoms with E-state index in [2.05, 4.69) is 4.90 Å². The van der Waals surface area contributed by atoms with Gasteiger partial charge in [-0.3, -0.25) is 4.90 Å². The van der Waals surface area contributed by atoms with E-state index in [1.807, 2.05) is 0 Å². The van der Waals surface area contributed by atoms with Crippen molar-refractivity contribution in [3.63, 3.8) is 0 Å². The summed E-state index contributed by atoms with van der Waals surface area (Å²) in [5, 5.41) is 11.2. The Morgan fingerprint density at radius 3 is 3.15 bits per heavy atom. The van der Waals surface area contributed by atoms with Crippen molar-refractivity contribution < 1.29 is 14.6 Å². The number of ether oxygens (including phenoxy) is 2.